The lowest BCUT2D eigenvalue weighted by molar-refractivity contribution is 0.306. The number of benzene rings is 4. The molecule has 0 fully saturated rings. The lowest BCUT2D eigenvalue weighted by Crippen LogP contribution is -2.22. The maximum Gasteiger partial charge on any atom is 0.274 e. The summed E-state index contributed by atoms with van der Waals surface area (Å²) in [5.41, 5.74) is 5.55. The average Bonchev–Trinajstić information content (AvgIpc) is 3.35. The van der Waals surface area contributed by atoms with Crippen molar-refractivity contribution < 1.29 is 4.74 Å². The second-order valence-corrected chi connectivity index (χ2v) is 10.6. The zero-order chi connectivity index (χ0) is 25.0. The molecule has 6 rings (SSSR count). The largest absolute Gasteiger partial charge is 0.488 e. The van der Waals surface area contributed by atoms with Crippen LogP contribution in [0.3, 0.4) is 0 Å². The van der Waals surface area contributed by atoms with Gasteiger partial charge in [0, 0.05) is 21.2 Å². The van der Waals surface area contributed by atoms with Crippen molar-refractivity contribution in [3.63, 3.8) is 0 Å². The van der Waals surface area contributed by atoms with Gasteiger partial charge in [-0.3, -0.25) is 4.79 Å². The third-order valence-corrected chi connectivity index (χ3v) is 8.01. The number of thiazole rings is 1. The molecule has 0 saturated carbocycles. The highest BCUT2D eigenvalue weighted by Gasteiger charge is 2.14. The minimum absolute atomic E-state index is 0.0830. The number of hydrogen-bond donors (Lipinski definition) is 0. The van der Waals surface area contributed by atoms with Crippen molar-refractivity contribution in [2.75, 3.05) is 0 Å². The van der Waals surface area contributed by atoms with Gasteiger partial charge < -0.3 is 4.74 Å². The van der Waals surface area contributed by atoms with Crippen LogP contribution < -0.4 is 14.8 Å². The van der Waals surface area contributed by atoms with E-state index >= 15 is 0 Å². The smallest absolute Gasteiger partial charge is 0.274 e. The first-order valence-corrected chi connectivity index (χ1v) is 13.0. The summed E-state index contributed by atoms with van der Waals surface area (Å²) in [5, 5.41) is 3.18. The fourth-order valence-corrected chi connectivity index (χ4v) is 5.83. The standard InChI is InChI=1S/C29H20Cl2N2O2S/c1-16-11-24-25(12-17(16)2)33-28(34)27(36-29(33)32-24)14-22-21-6-4-3-5-18(21)8-10-26(22)35-15-19-7-9-20(30)13-23(19)31/h3-14H,15H2,1-2H3/b27-14-. The zero-order valence-corrected chi connectivity index (χ0v) is 21.8. The van der Waals surface area contributed by atoms with Crippen LogP contribution in [-0.2, 0) is 6.61 Å². The first-order valence-electron chi connectivity index (χ1n) is 11.4. The second kappa shape index (κ2) is 8.93. The van der Waals surface area contributed by atoms with Crippen molar-refractivity contribution in [1.29, 1.82) is 0 Å². The van der Waals surface area contributed by atoms with Crippen LogP contribution in [0.1, 0.15) is 22.3 Å². The molecule has 4 nitrogen and oxygen atoms in total. The van der Waals surface area contributed by atoms with E-state index in [0.29, 0.717) is 25.3 Å². The summed E-state index contributed by atoms with van der Waals surface area (Å²) in [6.45, 7) is 4.37. The molecule has 0 unspecified atom stereocenters. The summed E-state index contributed by atoms with van der Waals surface area (Å²) in [6.07, 6.45) is 1.91. The molecule has 0 N–H and O–H groups in total. The monoisotopic (exact) mass is 530 g/mol. The van der Waals surface area contributed by atoms with Gasteiger partial charge in [-0.2, -0.15) is 0 Å². The summed E-state index contributed by atoms with van der Waals surface area (Å²) in [4.78, 5) is 18.9. The molecule has 36 heavy (non-hydrogen) atoms. The Hall–Kier alpha value is -3.38. The van der Waals surface area contributed by atoms with E-state index < -0.39 is 0 Å². The van der Waals surface area contributed by atoms with E-state index in [-0.39, 0.29) is 12.2 Å². The molecule has 0 aliphatic carbocycles. The molecular formula is C29H20Cl2N2O2S. The molecule has 0 atom stereocenters. The van der Waals surface area contributed by atoms with Crippen molar-refractivity contribution in [2.45, 2.75) is 20.5 Å². The summed E-state index contributed by atoms with van der Waals surface area (Å²) in [6, 6.07) is 21.4. The molecule has 0 saturated heterocycles. The summed E-state index contributed by atoms with van der Waals surface area (Å²) in [7, 11) is 0. The van der Waals surface area contributed by atoms with E-state index in [1.54, 1.807) is 16.5 Å². The molecular weight excluding hydrogens is 511 g/mol. The molecule has 2 heterocycles. The van der Waals surface area contributed by atoms with E-state index in [1.165, 1.54) is 11.3 Å². The number of halogens is 2. The van der Waals surface area contributed by atoms with E-state index in [4.69, 9.17) is 32.9 Å². The quantitative estimate of drug-likeness (QED) is 0.244. The molecule has 0 bridgehead atoms. The number of aryl methyl sites for hydroxylation is 2. The van der Waals surface area contributed by atoms with Crippen molar-refractivity contribution in [3.05, 3.63) is 114 Å². The van der Waals surface area contributed by atoms with E-state index in [1.807, 2.05) is 67.6 Å². The first-order chi connectivity index (χ1) is 17.4. The summed E-state index contributed by atoms with van der Waals surface area (Å²) in [5.74, 6) is 0.668. The van der Waals surface area contributed by atoms with Gasteiger partial charge in [0.05, 0.1) is 15.6 Å². The molecule has 6 aromatic rings. The molecule has 178 valence electrons. The highest BCUT2D eigenvalue weighted by Crippen LogP contribution is 2.31. The number of ether oxygens (including phenoxy) is 1. The van der Waals surface area contributed by atoms with Crippen molar-refractivity contribution in [3.8, 4) is 5.75 Å². The second-order valence-electron chi connectivity index (χ2n) is 8.79. The Bertz CT molecular complexity index is 1920. The van der Waals surface area contributed by atoms with E-state index in [0.717, 1.165) is 44.1 Å². The van der Waals surface area contributed by atoms with Gasteiger partial charge >= 0.3 is 0 Å². The van der Waals surface area contributed by atoms with Gasteiger partial charge in [-0.25, -0.2) is 9.38 Å². The zero-order valence-electron chi connectivity index (χ0n) is 19.5. The van der Waals surface area contributed by atoms with Crippen LogP contribution >= 0.6 is 34.5 Å². The predicted octanol–water partition coefficient (Wildman–Crippen LogP) is 7.11. The van der Waals surface area contributed by atoms with Crippen LogP contribution in [0.4, 0.5) is 0 Å². The first kappa shape index (κ1) is 23.0. The highest BCUT2D eigenvalue weighted by atomic mass is 35.5. The Morgan fingerprint density at radius 3 is 2.64 bits per heavy atom. The van der Waals surface area contributed by atoms with Gasteiger partial charge in [0.1, 0.15) is 12.4 Å². The lowest BCUT2D eigenvalue weighted by atomic mass is 10.0. The Morgan fingerprint density at radius 2 is 1.81 bits per heavy atom. The maximum absolute atomic E-state index is 13.5. The molecule has 0 spiro atoms. The number of imidazole rings is 1. The fraction of sp³-hybridized carbons (Fsp3) is 0.103. The molecule has 0 radical (unpaired) electrons. The Kier molecular flexibility index (Phi) is 5.72. The molecule has 0 amide bonds. The van der Waals surface area contributed by atoms with E-state index in [2.05, 4.69) is 6.92 Å². The number of fused-ring (bicyclic) bond motifs is 4. The van der Waals surface area contributed by atoms with Gasteiger partial charge in [-0.1, -0.05) is 70.9 Å². The Balaban J connectivity index is 1.51. The fourth-order valence-electron chi connectivity index (χ4n) is 4.39. The minimum atomic E-state index is -0.0830. The number of aromatic nitrogens is 2. The predicted molar refractivity (Wildman–Crippen MR) is 150 cm³/mol. The third-order valence-electron chi connectivity index (χ3n) is 6.46. The van der Waals surface area contributed by atoms with Crippen LogP contribution in [0.5, 0.6) is 5.75 Å². The molecule has 2 aromatic heterocycles. The minimum Gasteiger partial charge on any atom is -0.488 e. The van der Waals surface area contributed by atoms with Crippen LogP contribution in [0.25, 0.3) is 32.8 Å². The van der Waals surface area contributed by atoms with E-state index in [9.17, 15) is 4.79 Å². The number of hydrogen-bond acceptors (Lipinski definition) is 4. The lowest BCUT2D eigenvalue weighted by Gasteiger charge is -2.13. The number of rotatable bonds is 4. The topological polar surface area (TPSA) is 43.6 Å². The summed E-state index contributed by atoms with van der Waals surface area (Å²) < 4.78 is 8.55. The Morgan fingerprint density at radius 1 is 1.00 bits per heavy atom. The molecule has 4 aromatic carbocycles. The van der Waals surface area contributed by atoms with Gasteiger partial charge in [0.25, 0.3) is 5.56 Å². The van der Waals surface area contributed by atoms with Crippen LogP contribution in [0.15, 0.2) is 71.5 Å². The van der Waals surface area contributed by atoms with Gasteiger partial charge in [-0.05, 0) is 72.2 Å². The molecule has 0 aliphatic rings. The average molecular weight is 531 g/mol. The third kappa shape index (κ3) is 3.94. The molecule has 0 aliphatic heterocycles. The van der Waals surface area contributed by atoms with Crippen LogP contribution in [-0.4, -0.2) is 9.38 Å². The maximum atomic E-state index is 13.5. The van der Waals surface area contributed by atoms with Gasteiger partial charge in [-0.15, -0.1) is 0 Å². The summed E-state index contributed by atoms with van der Waals surface area (Å²) >= 11 is 13.8. The van der Waals surface area contributed by atoms with Crippen molar-refractivity contribution in [1.82, 2.24) is 9.38 Å². The van der Waals surface area contributed by atoms with Crippen molar-refractivity contribution >= 4 is 67.4 Å². The Labute approximate surface area is 221 Å². The van der Waals surface area contributed by atoms with Crippen LogP contribution in [0.2, 0.25) is 10.0 Å². The number of nitrogens with zero attached hydrogens (tertiary/aromatic N) is 2. The van der Waals surface area contributed by atoms with Crippen molar-refractivity contribution in [2.24, 2.45) is 0 Å². The highest BCUT2D eigenvalue weighted by molar-refractivity contribution is 7.15. The van der Waals surface area contributed by atoms with Gasteiger partial charge in [0.2, 0.25) is 0 Å². The van der Waals surface area contributed by atoms with Crippen LogP contribution in [0, 0.1) is 13.8 Å². The van der Waals surface area contributed by atoms with Gasteiger partial charge in [0.15, 0.2) is 4.96 Å². The SMILES string of the molecule is Cc1cc2nc3s/c(=C\c4c(OCc5ccc(Cl)cc5Cl)ccc5ccccc45)c(=O)n3c2cc1C. The normalized spacial score (nSPS) is 12.3. The molecule has 7 heteroatoms.